The minimum Gasteiger partial charge on any atom is -0.449 e. The van der Waals surface area contributed by atoms with E-state index < -0.39 is 0 Å². The van der Waals surface area contributed by atoms with Gasteiger partial charge in [0.1, 0.15) is 0 Å². The van der Waals surface area contributed by atoms with Gasteiger partial charge >= 0.3 is 6.09 Å². The van der Waals surface area contributed by atoms with Crippen LogP contribution in [0.3, 0.4) is 0 Å². The predicted octanol–water partition coefficient (Wildman–Crippen LogP) is 5.84. The van der Waals surface area contributed by atoms with Gasteiger partial charge in [0.15, 0.2) is 0 Å². The Labute approximate surface area is 218 Å². The van der Waals surface area contributed by atoms with Gasteiger partial charge in [-0.25, -0.2) is 9.78 Å². The van der Waals surface area contributed by atoms with Gasteiger partial charge in [0.05, 0.1) is 22.8 Å². The van der Waals surface area contributed by atoms with E-state index >= 15 is 0 Å². The molecule has 0 aliphatic carbocycles. The van der Waals surface area contributed by atoms with E-state index in [4.69, 9.17) is 21.3 Å². The van der Waals surface area contributed by atoms with Crippen molar-refractivity contribution in [2.75, 3.05) is 37.2 Å². The first-order valence-corrected chi connectivity index (χ1v) is 13.4. The number of nitrogens with zero attached hydrogens (tertiary/aromatic N) is 3. The van der Waals surface area contributed by atoms with Gasteiger partial charge in [-0.05, 0) is 30.5 Å². The van der Waals surface area contributed by atoms with Crippen LogP contribution in [0.25, 0.3) is 22.2 Å². The normalized spacial score (nSPS) is 13.9. The SMILES string of the molecule is CCc1c(-c2ccccc2)nc2cc(C(=O)N3CCN(C(=O)OCCCI)CC3)ccc2c1Cl. The van der Waals surface area contributed by atoms with Crippen LogP contribution in [0.2, 0.25) is 5.02 Å². The molecule has 2 amide bonds. The first kappa shape index (κ1) is 24.7. The highest BCUT2D eigenvalue weighted by Crippen LogP contribution is 2.34. The van der Waals surface area contributed by atoms with Crippen molar-refractivity contribution in [2.45, 2.75) is 19.8 Å². The van der Waals surface area contributed by atoms with Crippen LogP contribution in [0.5, 0.6) is 0 Å². The van der Waals surface area contributed by atoms with Crippen LogP contribution in [-0.4, -0.2) is 64.0 Å². The lowest BCUT2D eigenvalue weighted by Gasteiger charge is -2.34. The van der Waals surface area contributed by atoms with Gasteiger partial charge < -0.3 is 14.5 Å². The van der Waals surface area contributed by atoms with E-state index in [1.807, 2.05) is 48.5 Å². The topological polar surface area (TPSA) is 62.7 Å². The molecule has 3 aromatic rings. The molecule has 2 aromatic carbocycles. The van der Waals surface area contributed by atoms with Crippen molar-refractivity contribution in [3.05, 3.63) is 64.7 Å². The summed E-state index contributed by atoms with van der Waals surface area (Å²) in [5.74, 6) is -0.0708. The molecule has 1 fully saturated rings. The molecule has 6 nitrogen and oxygen atoms in total. The molecule has 0 radical (unpaired) electrons. The highest BCUT2D eigenvalue weighted by molar-refractivity contribution is 14.1. The second kappa shape index (κ2) is 11.4. The average molecular weight is 592 g/mol. The zero-order valence-corrected chi connectivity index (χ0v) is 22.0. The zero-order chi connectivity index (χ0) is 24.1. The zero-order valence-electron chi connectivity index (χ0n) is 19.1. The first-order chi connectivity index (χ1) is 16.5. The molecule has 0 bridgehead atoms. The lowest BCUT2D eigenvalue weighted by molar-refractivity contribution is 0.0561. The summed E-state index contributed by atoms with van der Waals surface area (Å²) in [5.41, 5.74) is 4.11. The van der Waals surface area contributed by atoms with Crippen molar-refractivity contribution >= 4 is 57.1 Å². The molecule has 0 spiro atoms. The van der Waals surface area contributed by atoms with Gasteiger partial charge in [-0.1, -0.05) is 77.5 Å². The van der Waals surface area contributed by atoms with E-state index in [0.29, 0.717) is 48.9 Å². The van der Waals surface area contributed by atoms with Crippen LogP contribution in [0.4, 0.5) is 4.79 Å². The molecule has 0 atom stereocenters. The van der Waals surface area contributed by atoms with E-state index in [1.165, 1.54) is 0 Å². The standard InChI is InChI=1S/C26H27ClIN3O3/c1-2-20-23(27)21-10-9-19(17-22(21)29-24(20)18-7-4-3-5-8-18)25(32)30-12-14-31(15-13-30)26(33)34-16-6-11-28/h3-5,7-10,17H,2,6,11-16H2,1H3. The Hall–Kier alpha value is -2.39. The first-order valence-electron chi connectivity index (χ1n) is 11.5. The summed E-state index contributed by atoms with van der Waals surface area (Å²) in [6, 6.07) is 15.5. The average Bonchev–Trinajstić information content (AvgIpc) is 2.88. The van der Waals surface area contributed by atoms with E-state index in [-0.39, 0.29) is 12.0 Å². The fourth-order valence-corrected chi connectivity index (χ4v) is 4.83. The number of alkyl halides is 1. The van der Waals surface area contributed by atoms with Crippen LogP contribution in [-0.2, 0) is 11.2 Å². The van der Waals surface area contributed by atoms with E-state index in [1.54, 1.807) is 9.80 Å². The van der Waals surface area contributed by atoms with Gasteiger partial charge in [-0.2, -0.15) is 0 Å². The molecule has 0 unspecified atom stereocenters. The molecule has 2 heterocycles. The smallest absolute Gasteiger partial charge is 0.409 e. The number of aromatic nitrogens is 1. The van der Waals surface area contributed by atoms with Crippen LogP contribution in [0.15, 0.2) is 48.5 Å². The fourth-order valence-electron chi connectivity index (χ4n) is 4.13. The largest absolute Gasteiger partial charge is 0.449 e. The third kappa shape index (κ3) is 5.30. The van der Waals surface area contributed by atoms with Crippen molar-refractivity contribution in [1.29, 1.82) is 0 Å². The van der Waals surface area contributed by atoms with Crippen LogP contribution < -0.4 is 0 Å². The van der Waals surface area contributed by atoms with Gasteiger partial charge in [0.25, 0.3) is 5.91 Å². The Morgan fingerprint density at radius 3 is 2.44 bits per heavy atom. The molecule has 34 heavy (non-hydrogen) atoms. The Morgan fingerprint density at radius 2 is 1.76 bits per heavy atom. The number of hydrogen-bond donors (Lipinski definition) is 0. The minimum absolute atomic E-state index is 0.0708. The number of hydrogen-bond acceptors (Lipinski definition) is 4. The van der Waals surface area contributed by atoms with E-state index in [2.05, 4.69) is 29.5 Å². The highest BCUT2D eigenvalue weighted by atomic mass is 127. The molecule has 0 saturated carbocycles. The lowest BCUT2D eigenvalue weighted by atomic mass is 10.0. The molecule has 1 saturated heterocycles. The Morgan fingerprint density at radius 1 is 1.06 bits per heavy atom. The van der Waals surface area contributed by atoms with E-state index in [9.17, 15) is 9.59 Å². The van der Waals surface area contributed by atoms with E-state index in [0.717, 1.165) is 39.5 Å². The molecular formula is C26H27ClIN3O3. The summed E-state index contributed by atoms with van der Waals surface area (Å²) in [7, 11) is 0. The Kier molecular flexibility index (Phi) is 8.26. The van der Waals surface area contributed by atoms with Crippen molar-refractivity contribution in [3.8, 4) is 11.3 Å². The predicted molar refractivity (Wildman–Crippen MR) is 144 cm³/mol. The Balaban J connectivity index is 1.54. The highest BCUT2D eigenvalue weighted by Gasteiger charge is 2.26. The molecule has 1 aliphatic heterocycles. The maximum Gasteiger partial charge on any atom is 0.409 e. The summed E-state index contributed by atoms with van der Waals surface area (Å²) < 4.78 is 6.24. The summed E-state index contributed by atoms with van der Waals surface area (Å²) in [6.07, 6.45) is 1.30. The second-order valence-electron chi connectivity index (χ2n) is 8.14. The number of rotatable bonds is 6. The number of carbonyl (C=O) groups is 2. The van der Waals surface area contributed by atoms with Crippen molar-refractivity contribution in [3.63, 3.8) is 0 Å². The number of fused-ring (bicyclic) bond motifs is 1. The van der Waals surface area contributed by atoms with Gasteiger partial charge in [0, 0.05) is 47.1 Å². The Bertz CT molecular complexity index is 1180. The molecule has 0 N–H and O–H groups in total. The number of benzene rings is 2. The summed E-state index contributed by atoms with van der Waals surface area (Å²) in [4.78, 5) is 33.7. The van der Waals surface area contributed by atoms with Crippen molar-refractivity contribution in [1.82, 2.24) is 14.8 Å². The summed E-state index contributed by atoms with van der Waals surface area (Å²) >= 11 is 9.04. The molecule has 1 aromatic heterocycles. The van der Waals surface area contributed by atoms with Gasteiger partial charge in [-0.3, -0.25) is 4.79 Å². The third-order valence-electron chi connectivity index (χ3n) is 5.99. The number of ether oxygens (including phenoxy) is 1. The maximum atomic E-state index is 13.2. The second-order valence-corrected chi connectivity index (χ2v) is 9.60. The third-order valence-corrected chi connectivity index (χ3v) is 7.19. The number of halogens is 2. The van der Waals surface area contributed by atoms with Gasteiger partial charge in [-0.15, -0.1) is 0 Å². The lowest BCUT2D eigenvalue weighted by Crippen LogP contribution is -2.50. The summed E-state index contributed by atoms with van der Waals surface area (Å²) in [6.45, 7) is 4.36. The molecular weight excluding hydrogens is 565 g/mol. The summed E-state index contributed by atoms with van der Waals surface area (Å²) in [5, 5.41) is 1.52. The minimum atomic E-state index is -0.304. The fraction of sp³-hybridized carbons (Fsp3) is 0.346. The van der Waals surface area contributed by atoms with Crippen LogP contribution >= 0.6 is 34.2 Å². The van der Waals surface area contributed by atoms with Crippen LogP contribution in [0.1, 0.15) is 29.3 Å². The molecule has 8 heteroatoms. The molecule has 178 valence electrons. The number of carbonyl (C=O) groups excluding carboxylic acids is 2. The number of piperazine rings is 1. The maximum absolute atomic E-state index is 13.2. The monoisotopic (exact) mass is 591 g/mol. The number of amides is 2. The van der Waals surface area contributed by atoms with Gasteiger partial charge in [0.2, 0.25) is 0 Å². The number of pyridine rings is 1. The molecule has 1 aliphatic rings. The van der Waals surface area contributed by atoms with Crippen molar-refractivity contribution < 1.29 is 14.3 Å². The quantitative estimate of drug-likeness (QED) is 0.205. The molecule has 4 rings (SSSR count). The van der Waals surface area contributed by atoms with Crippen LogP contribution in [0, 0.1) is 0 Å². The van der Waals surface area contributed by atoms with Crippen molar-refractivity contribution in [2.24, 2.45) is 0 Å².